The Balaban J connectivity index is 2.05. The van der Waals surface area contributed by atoms with Gasteiger partial charge in [0.25, 0.3) is 5.91 Å². The number of carbonyl (C=O) groups excluding carboxylic acids is 1. The molecule has 1 saturated heterocycles. The third-order valence-electron chi connectivity index (χ3n) is 3.86. The predicted molar refractivity (Wildman–Crippen MR) is 76.8 cm³/mol. The average molecular weight is 282 g/mol. The minimum atomic E-state index is -0.0850. The van der Waals surface area contributed by atoms with E-state index in [0.717, 1.165) is 18.4 Å². The standard InChI is InChI=1S/C15H20ClNO2/c1-10-3-4-13(14(18)9-10)15(19)17-7-5-12(6-8-17)11(2)16/h3-4,9,11-12,18H,5-8H2,1-2H3. The maximum Gasteiger partial charge on any atom is 0.257 e. The summed E-state index contributed by atoms with van der Waals surface area (Å²) in [6, 6.07) is 5.17. The number of alkyl halides is 1. The average Bonchev–Trinajstić information content (AvgIpc) is 2.38. The lowest BCUT2D eigenvalue weighted by molar-refractivity contribution is 0.0687. The van der Waals surface area contributed by atoms with Crippen molar-refractivity contribution in [1.82, 2.24) is 4.90 Å². The number of aromatic hydroxyl groups is 1. The van der Waals surface area contributed by atoms with Gasteiger partial charge in [-0.2, -0.15) is 0 Å². The summed E-state index contributed by atoms with van der Waals surface area (Å²) in [5.41, 5.74) is 1.34. The first-order valence-electron chi connectivity index (χ1n) is 6.72. The molecule has 1 unspecified atom stereocenters. The van der Waals surface area contributed by atoms with Crippen molar-refractivity contribution < 1.29 is 9.90 Å². The molecule has 1 fully saturated rings. The first-order valence-corrected chi connectivity index (χ1v) is 7.15. The van der Waals surface area contributed by atoms with Gasteiger partial charge in [-0.15, -0.1) is 11.6 Å². The van der Waals surface area contributed by atoms with Gasteiger partial charge >= 0.3 is 0 Å². The highest BCUT2D eigenvalue weighted by Gasteiger charge is 2.27. The Morgan fingerprint density at radius 1 is 1.42 bits per heavy atom. The third-order valence-corrected chi connectivity index (χ3v) is 4.22. The molecule has 0 aromatic heterocycles. The van der Waals surface area contributed by atoms with Crippen LogP contribution < -0.4 is 0 Å². The van der Waals surface area contributed by atoms with Crippen molar-refractivity contribution in [3.05, 3.63) is 29.3 Å². The summed E-state index contributed by atoms with van der Waals surface area (Å²) in [6.45, 7) is 5.33. The number of halogens is 1. The van der Waals surface area contributed by atoms with Crippen LogP contribution in [-0.4, -0.2) is 34.4 Å². The molecule has 1 aromatic carbocycles. The highest BCUT2D eigenvalue weighted by atomic mass is 35.5. The highest BCUT2D eigenvalue weighted by Crippen LogP contribution is 2.26. The maximum atomic E-state index is 12.3. The third kappa shape index (κ3) is 3.21. The van der Waals surface area contributed by atoms with Crippen molar-refractivity contribution in [3.63, 3.8) is 0 Å². The second kappa shape index (κ2) is 5.83. The number of nitrogens with zero attached hydrogens (tertiary/aromatic N) is 1. The molecule has 0 bridgehead atoms. The zero-order valence-corrected chi connectivity index (χ0v) is 12.2. The van der Waals surface area contributed by atoms with Crippen molar-refractivity contribution in [3.8, 4) is 5.75 Å². The van der Waals surface area contributed by atoms with Crippen LogP contribution in [0.3, 0.4) is 0 Å². The van der Waals surface area contributed by atoms with Gasteiger partial charge in [0.15, 0.2) is 0 Å². The molecule has 1 aliphatic heterocycles. The largest absolute Gasteiger partial charge is 0.507 e. The van der Waals surface area contributed by atoms with Gasteiger partial charge in [0, 0.05) is 18.5 Å². The summed E-state index contributed by atoms with van der Waals surface area (Å²) in [4.78, 5) is 14.1. The molecule has 1 aromatic rings. The van der Waals surface area contributed by atoms with Crippen molar-refractivity contribution >= 4 is 17.5 Å². The molecule has 1 amide bonds. The van der Waals surface area contributed by atoms with Gasteiger partial charge in [-0.1, -0.05) is 6.07 Å². The van der Waals surface area contributed by atoms with E-state index in [9.17, 15) is 9.90 Å². The Bertz CT molecular complexity index is 465. The van der Waals surface area contributed by atoms with Crippen LogP contribution in [0.2, 0.25) is 0 Å². The first-order chi connectivity index (χ1) is 8.99. The van der Waals surface area contributed by atoms with Crippen LogP contribution in [-0.2, 0) is 0 Å². The Kier molecular flexibility index (Phi) is 4.35. The monoisotopic (exact) mass is 281 g/mol. The van der Waals surface area contributed by atoms with Crippen LogP contribution >= 0.6 is 11.6 Å². The van der Waals surface area contributed by atoms with E-state index in [2.05, 4.69) is 0 Å². The number of piperidine rings is 1. The topological polar surface area (TPSA) is 40.5 Å². The molecule has 1 atom stereocenters. The van der Waals surface area contributed by atoms with E-state index < -0.39 is 0 Å². The van der Waals surface area contributed by atoms with Crippen LogP contribution in [0.5, 0.6) is 5.75 Å². The van der Waals surface area contributed by atoms with E-state index in [1.165, 1.54) is 0 Å². The number of rotatable bonds is 2. The number of phenolic OH excluding ortho intramolecular Hbond substituents is 1. The van der Waals surface area contributed by atoms with Crippen LogP contribution in [0.25, 0.3) is 0 Å². The SMILES string of the molecule is Cc1ccc(C(=O)N2CCC(C(C)Cl)CC2)c(O)c1. The van der Waals surface area contributed by atoms with E-state index in [0.29, 0.717) is 24.6 Å². The molecule has 1 N–H and O–H groups in total. The predicted octanol–water partition coefficient (Wildman–Crippen LogP) is 3.18. The number of phenols is 1. The summed E-state index contributed by atoms with van der Waals surface area (Å²) in [5, 5.41) is 10.0. The number of amides is 1. The number of benzene rings is 1. The summed E-state index contributed by atoms with van der Waals surface area (Å²) < 4.78 is 0. The molecule has 0 spiro atoms. The molecule has 4 heteroatoms. The van der Waals surface area contributed by atoms with E-state index in [4.69, 9.17) is 11.6 Å². The zero-order valence-electron chi connectivity index (χ0n) is 11.4. The van der Waals surface area contributed by atoms with Gasteiger partial charge in [0.1, 0.15) is 5.75 Å². The fourth-order valence-electron chi connectivity index (χ4n) is 2.55. The molecule has 1 aliphatic rings. The smallest absolute Gasteiger partial charge is 0.257 e. The Labute approximate surface area is 119 Å². The quantitative estimate of drug-likeness (QED) is 0.846. The fourth-order valence-corrected chi connectivity index (χ4v) is 2.81. The lowest BCUT2D eigenvalue weighted by Gasteiger charge is -2.33. The lowest BCUT2D eigenvalue weighted by atomic mass is 9.93. The molecule has 1 heterocycles. The molecule has 2 rings (SSSR count). The summed E-state index contributed by atoms with van der Waals surface area (Å²) >= 11 is 6.10. The van der Waals surface area contributed by atoms with E-state index in [-0.39, 0.29) is 17.0 Å². The Hall–Kier alpha value is -1.22. The van der Waals surface area contributed by atoms with Crippen LogP contribution in [0, 0.1) is 12.8 Å². The molecule has 3 nitrogen and oxygen atoms in total. The van der Waals surface area contributed by atoms with Gasteiger partial charge in [0.05, 0.1) is 5.56 Å². The van der Waals surface area contributed by atoms with Crippen LogP contribution in [0.1, 0.15) is 35.7 Å². The number of hydrogen-bond acceptors (Lipinski definition) is 2. The second-order valence-corrected chi connectivity index (χ2v) is 6.02. The molecule has 0 radical (unpaired) electrons. The summed E-state index contributed by atoms with van der Waals surface area (Å²) in [7, 11) is 0. The van der Waals surface area contributed by atoms with Crippen molar-refractivity contribution in [2.24, 2.45) is 5.92 Å². The zero-order chi connectivity index (χ0) is 14.0. The van der Waals surface area contributed by atoms with Gasteiger partial charge in [-0.3, -0.25) is 4.79 Å². The van der Waals surface area contributed by atoms with Gasteiger partial charge in [0.2, 0.25) is 0 Å². The van der Waals surface area contributed by atoms with E-state index >= 15 is 0 Å². The van der Waals surface area contributed by atoms with E-state index in [1.807, 2.05) is 19.9 Å². The molecule has 0 saturated carbocycles. The molecule has 19 heavy (non-hydrogen) atoms. The molecule has 104 valence electrons. The molecular formula is C15H20ClNO2. The van der Waals surface area contributed by atoms with Gasteiger partial charge in [-0.05, 0) is 50.3 Å². The maximum absolute atomic E-state index is 12.3. The summed E-state index contributed by atoms with van der Waals surface area (Å²) in [5.74, 6) is 0.466. The number of likely N-dealkylation sites (tertiary alicyclic amines) is 1. The number of aryl methyl sites for hydroxylation is 1. The van der Waals surface area contributed by atoms with Crippen molar-refractivity contribution in [2.75, 3.05) is 13.1 Å². The first kappa shape index (κ1) is 14.2. The van der Waals surface area contributed by atoms with Crippen molar-refractivity contribution in [2.45, 2.75) is 32.1 Å². The highest BCUT2D eigenvalue weighted by molar-refractivity contribution is 6.20. The second-order valence-electron chi connectivity index (χ2n) is 5.33. The van der Waals surface area contributed by atoms with Crippen molar-refractivity contribution in [1.29, 1.82) is 0 Å². The Morgan fingerprint density at radius 2 is 2.05 bits per heavy atom. The lowest BCUT2D eigenvalue weighted by Crippen LogP contribution is -2.40. The fraction of sp³-hybridized carbons (Fsp3) is 0.533. The van der Waals surface area contributed by atoms with Crippen LogP contribution in [0.4, 0.5) is 0 Å². The van der Waals surface area contributed by atoms with E-state index in [1.54, 1.807) is 17.0 Å². The Morgan fingerprint density at radius 3 is 2.58 bits per heavy atom. The van der Waals surface area contributed by atoms with Gasteiger partial charge < -0.3 is 10.0 Å². The number of carbonyl (C=O) groups is 1. The minimum absolute atomic E-state index is 0.0674. The number of hydrogen-bond donors (Lipinski definition) is 1. The summed E-state index contributed by atoms with van der Waals surface area (Å²) in [6.07, 6.45) is 1.87. The minimum Gasteiger partial charge on any atom is -0.507 e. The van der Waals surface area contributed by atoms with Crippen LogP contribution in [0.15, 0.2) is 18.2 Å². The molecule has 0 aliphatic carbocycles. The van der Waals surface area contributed by atoms with Gasteiger partial charge in [-0.25, -0.2) is 0 Å². The normalized spacial score (nSPS) is 18.4. The molecular weight excluding hydrogens is 262 g/mol.